The Balaban J connectivity index is 2.43. The highest BCUT2D eigenvalue weighted by molar-refractivity contribution is 5.68. The van der Waals surface area contributed by atoms with E-state index in [9.17, 15) is 4.79 Å². The highest BCUT2D eigenvalue weighted by Gasteiger charge is 2.25. The average molecular weight is 286 g/mol. The van der Waals surface area contributed by atoms with Crippen molar-refractivity contribution in [1.82, 2.24) is 10.2 Å². The van der Waals surface area contributed by atoms with Gasteiger partial charge in [0, 0.05) is 32.3 Å². The van der Waals surface area contributed by atoms with Crippen LogP contribution in [0.3, 0.4) is 0 Å². The lowest BCUT2D eigenvalue weighted by Crippen LogP contribution is -2.48. The molecule has 0 aromatic rings. The van der Waals surface area contributed by atoms with Gasteiger partial charge in [-0.3, -0.25) is 0 Å². The topological polar surface area (TPSA) is 50.8 Å². The molecular formula is C15H30N2O3. The second kappa shape index (κ2) is 7.84. The van der Waals surface area contributed by atoms with E-state index >= 15 is 0 Å². The third kappa shape index (κ3) is 6.57. The van der Waals surface area contributed by atoms with Crippen LogP contribution in [-0.2, 0) is 9.47 Å². The fourth-order valence-electron chi connectivity index (χ4n) is 2.27. The summed E-state index contributed by atoms with van der Waals surface area (Å²) in [4.78, 5) is 14.2. The van der Waals surface area contributed by atoms with Crippen molar-refractivity contribution in [2.24, 2.45) is 0 Å². The molecule has 0 bridgehead atoms. The van der Waals surface area contributed by atoms with Crippen LogP contribution in [0.15, 0.2) is 0 Å². The summed E-state index contributed by atoms with van der Waals surface area (Å²) in [5, 5.41) is 2.96. The van der Waals surface area contributed by atoms with Gasteiger partial charge < -0.3 is 19.7 Å². The van der Waals surface area contributed by atoms with Crippen molar-refractivity contribution >= 4 is 6.09 Å². The van der Waals surface area contributed by atoms with E-state index in [1.165, 1.54) is 19.3 Å². The molecule has 0 heterocycles. The minimum absolute atomic E-state index is 0.0652. The van der Waals surface area contributed by atoms with E-state index in [2.05, 4.69) is 17.3 Å². The maximum absolute atomic E-state index is 11.9. The predicted octanol–water partition coefficient (Wildman–Crippen LogP) is 2.40. The van der Waals surface area contributed by atoms with Crippen LogP contribution < -0.4 is 5.32 Å². The lowest BCUT2D eigenvalue weighted by atomic mass is 9.91. The highest BCUT2D eigenvalue weighted by atomic mass is 16.6. The molecule has 118 valence electrons. The summed E-state index contributed by atoms with van der Waals surface area (Å²) in [6.07, 6.45) is 4.30. The lowest BCUT2D eigenvalue weighted by Gasteiger charge is -2.37. The zero-order valence-corrected chi connectivity index (χ0v) is 13.6. The maximum atomic E-state index is 11.9. The van der Waals surface area contributed by atoms with Gasteiger partial charge in [-0.1, -0.05) is 6.42 Å². The number of nitrogens with one attached hydrogen (secondary N) is 1. The third-order valence-corrected chi connectivity index (χ3v) is 3.60. The van der Waals surface area contributed by atoms with E-state index in [4.69, 9.17) is 9.47 Å². The van der Waals surface area contributed by atoms with Crippen LogP contribution >= 0.6 is 0 Å². The molecular weight excluding hydrogens is 256 g/mol. The van der Waals surface area contributed by atoms with E-state index in [-0.39, 0.29) is 12.1 Å². The molecule has 1 atom stereocenters. The molecule has 1 rings (SSSR count). The quantitative estimate of drug-likeness (QED) is 0.781. The Morgan fingerprint density at radius 3 is 2.50 bits per heavy atom. The molecule has 0 aromatic heterocycles. The minimum atomic E-state index is -0.463. The van der Waals surface area contributed by atoms with E-state index in [0.29, 0.717) is 12.6 Å². The number of methoxy groups -OCH3 is 1. The molecule has 1 unspecified atom stereocenters. The number of carbonyl (C=O) groups excluding carboxylic acids is 1. The Morgan fingerprint density at radius 1 is 1.40 bits per heavy atom. The first kappa shape index (κ1) is 17.2. The maximum Gasteiger partial charge on any atom is 0.407 e. The fraction of sp³-hybridized carbons (Fsp3) is 0.933. The number of alkyl carbamates (subject to hydrolysis) is 1. The summed E-state index contributed by atoms with van der Waals surface area (Å²) in [6, 6.07) is 0.732. The van der Waals surface area contributed by atoms with Gasteiger partial charge in [-0.2, -0.15) is 0 Å². The smallest absolute Gasteiger partial charge is 0.407 e. The first-order chi connectivity index (χ1) is 9.31. The third-order valence-electron chi connectivity index (χ3n) is 3.60. The van der Waals surface area contributed by atoms with Crippen molar-refractivity contribution in [1.29, 1.82) is 0 Å². The second-order valence-corrected chi connectivity index (χ2v) is 6.65. The van der Waals surface area contributed by atoms with Crippen LogP contribution in [-0.4, -0.2) is 56.0 Å². The van der Waals surface area contributed by atoms with Gasteiger partial charge in [0.25, 0.3) is 0 Å². The summed E-state index contributed by atoms with van der Waals surface area (Å²) in [7, 11) is 3.81. The fourth-order valence-corrected chi connectivity index (χ4v) is 2.27. The van der Waals surface area contributed by atoms with Crippen LogP contribution in [0.5, 0.6) is 0 Å². The molecule has 1 saturated carbocycles. The molecule has 20 heavy (non-hydrogen) atoms. The number of nitrogens with zero attached hydrogens (tertiary/aromatic N) is 1. The van der Waals surface area contributed by atoms with Crippen molar-refractivity contribution in [3.05, 3.63) is 0 Å². The number of likely N-dealkylation sites (N-methyl/N-ethyl adjacent to an activating group) is 1. The molecule has 1 amide bonds. The van der Waals surface area contributed by atoms with Crippen molar-refractivity contribution in [2.45, 2.75) is 64.1 Å². The van der Waals surface area contributed by atoms with Crippen molar-refractivity contribution in [2.75, 3.05) is 27.3 Å². The molecule has 0 radical (unpaired) electrons. The molecule has 1 fully saturated rings. The SMILES string of the molecule is COCCC(CN(C)C1CCC1)NC(=O)OC(C)(C)C. The Bertz CT molecular complexity index is 298. The van der Waals surface area contributed by atoms with E-state index in [0.717, 1.165) is 13.0 Å². The number of rotatable bonds is 7. The molecule has 5 nitrogen and oxygen atoms in total. The molecule has 0 saturated heterocycles. The zero-order chi connectivity index (χ0) is 15.2. The van der Waals surface area contributed by atoms with Gasteiger partial charge in [-0.05, 0) is 47.1 Å². The standard InChI is InChI=1S/C15H30N2O3/c1-15(2,3)20-14(18)16-12(9-10-19-5)11-17(4)13-7-6-8-13/h12-13H,6-11H2,1-5H3,(H,16,18). The number of ether oxygens (including phenoxy) is 2. The highest BCUT2D eigenvalue weighted by Crippen LogP contribution is 2.23. The van der Waals surface area contributed by atoms with Gasteiger partial charge in [0.1, 0.15) is 5.60 Å². The van der Waals surface area contributed by atoms with E-state index < -0.39 is 5.60 Å². The van der Waals surface area contributed by atoms with E-state index in [1.54, 1.807) is 7.11 Å². The number of amides is 1. The van der Waals surface area contributed by atoms with Crippen molar-refractivity contribution < 1.29 is 14.3 Å². The summed E-state index contributed by atoms with van der Waals surface area (Å²) in [6.45, 7) is 7.10. The van der Waals surface area contributed by atoms with Crippen LogP contribution in [0.1, 0.15) is 46.5 Å². The first-order valence-corrected chi connectivity index (χ1v) is 7.50. The predicted molar refractivity (Wildman–Crippen MR) is 79.9 cm³/mol. The molecule has 1 aliphatic carbocycles. The van der Waals surface area contributed by atoms with Crippen molar-refractivity contribution in [3.8, 4) is 0 Å². The first-order valence-electron chi connectivity index (χ1n) is 7.50. The average Bonchev–Trinajstić information content (AvgIpc) is 2.20. The zero-order valence-electron chi connectivity index (χ0n) is 13.6. The molecule has 0 spiro atoms. The summed E-state index contributed by atoms with van der Waals surface area (Å²) in [5.41, 5.74) is -0.463. The number of hydrogen-bond donors (Lipinski definition) is 1. The monoisotopic (exact) mass is 286 g/mol. The normalized spacial score (nSPS) is 17.7. The number of carbonyl (C=O) groups is 1. The molecule has 1 aliphatic rings. The van der Waals surface area contributed by atoms with Crippen LogP contribution in [0.25, 0.3) is 0 Å². The Hall–Kier alpha value is -0.810. The summed E-state index contributed by atoms with van der Waals surface area (Å²) in [5.74, 6) is 0. The van der Waals surface area contributed by atoms with Crippen molar-refractivity contribution in [3.63, 3.8) is 0 Å². The van der Waals surface area contributed by atoms with Gasteiger partial charge >= 0.3 is 6.09 Å². The molecule has 0 aromatic carbocycles. The van der Waals surface area contributed by atoms with Gasteiger partial charge in [-0.15, -0.1) is 0 Å². The van der Waals surface area contributed by atoms with E-state index in [1.807, 2.05) is 20.8 Å². The van der Waals surface area contributed by atoms with Crippen LogP contribution in [0, 0.1) is 0 Å². The van der Waals surface area contributed by atoms with Gasteiger partial charge in [0.05, 0.1) is 0 Å². The van der Waals surface area contributed by atoms with Crippen LogP contribution in [0.4, 0.5) is 4.79 Å². The van der Waals surface area contributed by atoms with Gasteiger partial charge in [-0.25, -0.2) is 4.79 Å². The van der Waals surface area contributed by atoms with Gasteiger partial charge in [0.2, 0.25) is 0 Å². The minimum Gasteiger partial charge on any atom is -0.444 e. The Labute approximate surface area is 123 Å². The number of hydrogen-bond acceptors (Lipinski definition) is 4. The summed E-state index contributed by atoms with van der Waals surface area (Å²) < 4.78 is 10.4. The van der Waals surface area contributed by atoms with Crippen LogP contribution in [0.2, 0.25) is 0 Å². The molecule has 1 N–H and O–H groups in total. The molecule has 0 aliphatic heterocycles. The van der Waals surface area contributed by atoms with Gasteiger partial charge in [0.15, 0.2) is 0 Å². The Kier molecular flexibility index (Phi) is 6.76. The summed E-state index contributed by atoms with van der Waals surface area (Å²) >= 11 is 0. The lowest BCUT2D eigenvalue weighted by molar-refractivity contribution is 0.0463. The molecule has 5 heteroatoms. The second-order valence-electron chi connectivity index (χ2n) is 6.65. The Morgan fingerprint density at radius 2 is 2.05 bits per heavy atom. The largest absolute Gasteiger partial charge is 0.444 e.